The zero-order valence-electron chi connectivity index (χ0n) is 13.7. The number of hydrogen-bond donors (Lipinski definition) is 1. The van der Waals surface area contributed by atoms with Crippen LogP contribution in [0.3, 0.4) is 0 Å². The number of rotatable bonds is 6. The molecule has 2 heteroatoms. The van der Waals surface area contributed by atoms with Crippen LogP contribution in [-0.2, 0) is 13.1 Å². The maximum atomic E-state index is 3.86. The van der Waals surface area contributed by atoms with Crippen LogP contribution in [0.2, 0.25) is 0 Å². The predicted octanol–water partition coefficient (Wildman–Crippen LogP) is 4.45. The summed E-state index contributed by atoms with van der Waals surface area (Å²) in [5.41, 5.74) is 1.44. The second-order valence-corrected chi connectivity index (χ2v) is 7.01. The molecule has 0 aliphatic heterocycles. The van der Waals surface area contributed by atoms with Crippen molar-refractivity contribution in [1.29, 1.82) is 0 Å². The lowest BCUT2D eigenvalue weighted by Gasteiger charge is -2.38. The van der Waals surface area contributed by atoms with Crippen LogP contribution in [0.5, 0.6) is 0 Å². The first kappa shape index (κ1) is 15.6. The molecule has 1 aliphatic carbocycles. The Labute approximate surface area is 125 Å². The molecule has 1 aromatic rings. The van der Waals surface area contributed by atoms with Crippen LogP contribution in [-0.4, -0.2) is 10.6 Å². The molecule has 0 amide bonds. The molecular formula is C18H32N2. The van der Waals surface area contributed by atoms with Gasteiger partial charge in [0.2, 0.25) is 0 Å². The molecule has 1 aliphatic rings. The highest BCUT2D eigenvalue weighted by molar-refractivity contribution is 5.07. The van der Waals surface area contributed by atoms with Gasteiger partial charge in [-0.05, 0) is 49.1 Å². The molecule has 0 saturated heterocycles. The van der Waals surface area contributed by atoms with Gasteiger partial charge in [-0.15, -0.1) is 0 Å². The molecule has 114 valence electrons. The molecule has 1 saturated carbocycles. The van der Waals surface area contributed by atoms with Crippen LogP contribution < -0.4 is 5.32 Å². The molecule has 3 atom stereocenters. The Kier molecular flexibility index (Phi) is 5.71. The van der Waals surface area contributed by atoms with Crippen molar-refractivity contribution >= 4 is 0 Å². The first-order chi connectivity index (χ1) is 9.61. The van der Waals surface area contributed by atoms with E-state index in [1.54, 1.807) is 0 Å². The average molecular weight is 276 g/mol. The molecule has 0 bridgehead atoms. The van der Waals surface area contributed by atoms with E-state index >= 15 is 0 Å². The van der Waals surface area contributed by atoms with E-state index in [0.717, 1.165) is 30.8 Å². The fraction of sp³-hybridized carbons (Fsp3) is 0.778. The third-order valence-electron chi connectivity index (χ3n) is 4.96. The average Bonchev–Trinajstić information content (AvgIpc) is 2.84. The van der Waals surface area contributed by atoms with Crippen molar-refractivity contribution in [1.82, 2.24) is 9.88 Å². The van der Waals surface area contributed by atoms with Gasteiger partial charge in [-0.1, -0.05) is 34.1 Å². The topological polar surface area (TPSA) is 17.0 Å². The number of nitrogens with one attached hydrogen (secondary N) is 1. The molecule has 1 fully saturated rings. The monoisotopic (exact) mass is 276 g/mol. The predicted molar refractivity (Wildman–Crippen MR) is 86.7 cm³/mol. The lowest BCUT2D eigenvalue weighted by molar-refractivity contribution is 0.168. The van der Waals surface area contributed by atoms with E-state index in [4.69, 9.17) is 0 Å². The summed E-state index contributed by atoms with van der Waals surface area (Å²) in [6, 6.07) is 5.14. The Morgan fingerprint density at radius 1 is 1.35 bits per heavy atom. The maximum Gasteiger partial charge on any atom is 0.0361 e. The van der Waals surface area contributed by atoms with Crippen LogP contribution in [0.25, 0.3) is 0 Å². The minimum atomic E-state index is 0.698. The summed E-state index contributed by atoms with van der Waals surface area (Å²) in [6.45, 7) is 11.6. The molecule has 0 radical (unpaired) electrons. The summed E-state index contributed by atoms with van der Waals surface area (Å²) in [5.74, 6) is 2.52. The van der Waals surface area contributed by atoms with E-state index < -0.39 is 0 Å². The highest BCUT2D eigenvalue weighted by Crippen LogP contribution is 2.33. The number of aromatic nitrogens is 1. The summed E-state index contributed by atoms with van der Waals surface area (Å²) in [4.78, 5) is 0. The van der Waals surface area contributed by atoms with Gasteiger partial charge >= 0.3 is 0 Å². The Hall–Kier alpha value is -0.760. The minimum Gasteiger partial charge on any atom is -0.350 e. The van der Waals surface area contributed by atoms with Gasteiger partial charge in [0.25, 0.3) is 0 Å². The van der Waals surface area contributed by atoms with Crippen molar-refractivity contribution < 1.29 is 0 Å². The zero-order chi connectivity index (χ0) is 14.5. The highest BCUT2D eigenvalue weighted by Gasteiger charge is 2.30. The zero-order valence-corrected chi connectivity index (χ0v) is 13.7. The second kappa shape index (κ2) is 7.31. The van der Waals surface area contributed by atoms with Crippen LogP contribution >= 0.6 is 0 Å². The van der Waals surface area contributed by atoms with Gasteiger partial charge in [0.05, 0.1) is 0 Å². The summed E-state index contributed by atoms with van der Waals surface area (Å²) in [5, 5.41) is 3.86. The van der Waals surface area contributed by atoms with Crippen LogP contribution in [0.15, 0.2) is 18.3 Å². The van der Waals surface area contributed by atoms with Crippen LogP contribution in [0.1, 0.15) is 59.1 Å². The van der Waals surface area contributed by atoms with Crippen molar-refractivity contribution in [3.8, 4) is 0 Å². The Balaban J connectivity index is 1.94. The Morgan fingerprint density at radius 2 is 2.15 bits per heavy atom. The second-order valence-electron chi connectivity index (χ2n) is 7.01. The molecule has 2 rings (SSSR count). The maximum absolute atomic E-state index is 3.86. The largest absolute Gasteiger partial charge is 0.350 e. The van der Waals surface area contributed by atoms with Crippen molar-refractivity contribution in [3.05, 3.63) is 24.0 Å². The van der Waals surface area contributed by atoms with Crippen LogP contribution in [0.4, 0.5) is 0 Å². The SMILES string of the molecule is CCCn1cccc1CNC1CC(C)CCC1C(C)C. The van der Waals surface area contributed by atoms with Gasteiger partial charge in [0.1, 0.15) is 0 Å². The first-order valence-corrected chi connectivity index (χ1v) is 8.49. The Morgan fingerprint density at radius 3 is 2.85 bits per heavy atom. The molecule has 1 heterocycles. The fourth-order valence-corrected chi connectivity index (χ4v) is 3.74. The van der Waals surface area contributed by atoms with Gasteiger partial charge in [-0.25, -0.2) is 0 Å². The van der Waals surface area contributed by atoms with Gasteiger partial charge in [-0.2, -0.15) is 0 Å². The molecule has 1 aromatic heterocycles. The van der Waals surface area contributed by atoms with Gasteiger partial charge in [0.15, 0.2) is 0 Å². The van der Waals surface area contributed by atoms with Gasteiger partial charge in [0, 0.05) is 31.0 Å². The molecule has 20 heavy (non-hydrogen) atoms. The molecule has 3 unspecified atom stereocenters. The lowest BCUT2D eigenvalue weighted by atomic mass is 9.74. The van der Waals surface area contributed by atoms with E-state index in [-0.39, 0.29) is 0 Å². The van der Waals surface area contributed by atoms with Crippen molar-refractivity contribution in [2.45, 2.75) is 72.5 Å². The first-order valence-electron chi connectivity index (χ1n) is 8.49. The molecule has 0 spiro atoms. The van der Waals surface area contributed by atoms with Crippen LogP contribution in [0, 0.1) is 17.8 Å². The normalized spacial score (nSPS) is 27.1. The summed E-state index contributed by atoms with van der Waals surface area (Å²) < 4.78 is 2.39. The quantitative estimate of drug-likeness (QED) is 0.812. The van der Waals surface area contributed by atoms with Gasteiger partial charge in [-0.3, -0.25) is 0 Å². The summed E-state index contributed by atoms with van der Waals surface area (Å²) >= 11 is 0. The van der Waals surface area contributed by atoms with Crippen molar-refractivity contribution in [3.63, 3.8) is 0 Å². The number of nitrogens with zero attached hydrogens (tertiary/aromatic N) is 1. The summed E-state index contributed by atoms with van der Waals surface area (Å²) in [7, 11) is 0. The van der Waals surface area contributed by atoms with E-state index in [1.165, 1.54) is 31.4 Å². The van der Waals surface area contributed by atoms with Crippen molar-refractivity contribution in [2.24, 2.45) is 17.8 Å². The van der Waals surface area contributed by atoms with E-state index in [0.29, 0.717) is 6.04 Å². The number of aryl methyl sites for hydroxylation is 1. The minimum absolute atomic E-state index is 0.698. The smallest absolute Gasteiger partial charge is 0.0361 e. The third-order valence-corrected chi connectivity index (χ3v) is 4.96. The van der Waals surface area contributed by atoms with Crippen molar-refractivity contribution in [2.75, 3.05) is 0 Å². The molecule has 2 nitrogen and oxygen atoms in total. The van der Waals surface area contributed by atoms with E-state index in [9.17, 15) is 0 Å². The van der Waals surface area contributed by atoms with E-state index in [1.807, 2.05) is 0 Å². The lowest BCUT2D eigenvalue weighted by Crippen LogP contribution is -2.42. The third kappa shape index (κ3) is 3.88. The van der Waals surface area contributed by atoms with E-state index in [2.05, 4.69) is 55.9 Å². The van der Waals surface area contributed by atoms with Gasteiger partial charge < -0.3 is 9.88 Å². The Bertz CT molecular complexity index is 394. The highest BCUT2D eigenvalue weighted by atomic mass is 15.0. The molecule has 0 aromatic carbocycles. The summed E-state index contributed by atoms with van der Waals surface area (Å²) in [6.07, 6.45) is 7.57. The fourth-order valence-electron chi connectivity index (χ4n) is 3.74. The molecule has 1 N–H and O–H groups in total. The standard InChI is InChI=1S/C18H32N2/c1-5-10-20-11-6-7-16(20)13-19-18-12-15(4)8-9-17(18)14(2)3/h6-7,11,14-15,17-19H,5,8-10,12-13H2,1-4H3. The number of hydrogen-bond acceptors (Lipinski definition) is 1. The molecular weight excluding hydrogens is 244 g/mol.